The summed E-state index contributed by atoms with van der Waals surface area (Å²) in [5.74, 6) is 3.02. The number of H-pyrrole nitrogens is 1. The molecule has 3 heterocycles. The fourth-order valence-corrected chi connectivity index (χ4v) is 3.32. The Morgan fingerprint density at radius 3 is 2.91 bits per heavy atom. The minimum atomic E-state index is -0.102. The second-order valence-corrected chi connectivity index (χ2v) is 5.69. The van der Waals surface area contributed by atoms with Crippen LogP contribution < -0.4 is 10.9 Å². The summed E-state index contributed by atoms with van der Waals surface area (Å²) in [7, 11) is 0. The molecule has 5 nitrogen and oxygen atoms in total. The molecular formula is C17H16N4O. The van der Waals surface area contributed by atoms with Gasteiger partial charge in [0.15, 0.2) is 0 Å². The largest absolute Gasteiger partial charge is 0.317 e. The van der Waals surface area contributed by atoms with Crippen LogP contribution in [0, 0.1) is 12.3 Å². The van der Waals surface area contributed by atoms with Crippen molar-refractivity contribution in [1.82, 2.24) is 19.9 Å². The van der Waals surface area contributed by atoms with Gasteiger partial charge in [-0.25, -0.2) is 4.52 Å². The molecule has 0 bridgehead atoms. The van der Waals surface area contributed by atoms with Crippen LogP contribution in [0.4, 0.5) is 0 Å². The summed E-state index contributed by atoms with van der Waals surface area (Å²) < 4.78 is 1.86. The van der Waals surface area contributed by atoms with Crippen LogP contribution in [0.15, 0.2) is 29.1 Å². The van der Waals surface area contributed by atoms with Gasteiger partial charge in [0.1, 0.15) is 5.65 Å². The highest BCUT2D eigenvalue weighted by Crippen LogP contribution is 2.28. The Kier molecular flexibility index (Phi) is 2.98. The van der Waals surface area contributed by atoms with E-state index in [1.165, 1.54) is 0 Å². The van der Waals surface area contributed by atoms with Crippen LogP contribution in [0.5, 0.6) is 0 Å². The molecular weight excluding hydrogens is 276 g/mol. The zero-order valence-corrected chi connectivity index (χ0v) is 12.1. The molecule has 0 unspecified atom stereocenters. The van der Waals surface area contributed by atoms with Crippen LogP contribution in [-0.2, 0) is 0 Å². The number of benzene rings is 1. The van der Waals surface area contributed by atoms with Gasteiger partial charge in [0, 0.05) is 17.5 Å². The molecule has 2 N–H and O–H groups in total. The lowest BCUT2D eigenvalue weighted by atomic mass is 9.94. The summed E-state index contributed by atoms with van der Waals surface area (Å²) in [5, 5.41) is 8.87. The monoisotopic (exact) mass is 292 g/mol. The maximum atomic E-state index is 12.1. The van der Waals surface area contributed by atoms with Crippen molar-refractivity contribution >= 4 is 16.6 Å². The number of fused-ring (bicyclic) bond motifs is 3. The molecule has 1 fully saturated rings. The number of piperidine rings is 1. The van der Waals surface area contributed by atoms with Crippen molar-refractivity contribution in [3.63, 3.8) is 0 Å². The highest BCUT2D eigenvalue weighted by atomic mass is 16.1. The number of nitrogens with one attached hydrogen (secondary N) is 2. The lowest BCUT2D eigenvalue weighted by molar-refractivity contribution is 0.446. The zero-order chi connectivity index (χ0) is 15.1. The van der Waals surface area contributed by atoms with Crippen molar-refractivity contribution < 1.29 is 0 Å². The molecule has 0 radical (unpaired) electrons. The van der Waals surface area contributed by atoms with Crippen LogP contribution in [0.25, 0.3) is 16.6 Å². The molecule has 2 aromatic heterocycles. The van der Waals surface area contributed by atoms with Gasteiger partial charge in [-0.3, -0.25) is 4.79 Å². The highest BCUT2D eigenvalue weighted by molar-refractivity contribution is 5.96. The lowest BCUT2D eigenvalue weighted by Crippen LogP contribution is -2.28. The standard InChI is InChI=1S/C17H16N4O/c1-2-11-4-3-5-13-16(11)17-19-15(22)10-14(21(17)20-13)12-6-8-18-9-7-12/h1,3-5,10,12,18H,6-9H2,(H,19,22). The van der Waals surface area contributed by atoms with Crippen LogP contribution in [-0.4, -0.2) is 27.7 Å². The van der Waals surface area contributed by atoms with E-state index in [-0.39, 0.29) is 5.56 Å². The van der Waals surface area contributed by atoms with Gasteiger partial charge in [0.05, 0.1) is 16.6 Å². The second-order valence-electron chi connectivity index (χ2n) is 5.69. The third-order valence-corrected chi connectivity index (χ3v) is 4.38. The first-order chi connectivity index (χ1) is 10.8. The maximum absolute atomic E-state index is 12.1. The molecule has 1 aliphatic heterocycles. The smallest absolute Gasteiger partial charge is 0.251 e. The third kappa shape index (κ3) is 1.92. The number of hydrogen-bond acceptors (Lipinski definition) is 3. The van der Waals surface area contributed by atoms with Gasteiger partial charge in [-0.2, -0.15) is 5.10 Å². The summed E-state index contributed by atoms with van der Waals surface area (Å²) in [6, 6.07) is 7.36. The number of aromatic nitrogens is 3. The Morgan fingerprint density at radius 1 is 1.32 bits per heavy atom. The van der Waals surface area contributed by atoms with E-state index in [0.29, 0.717) is 11.6 Å². The molecule has 3 aromatic rings. The van der Waals surface area contributed by atoms with Crippen molar-refractivity contribution in [2.45, 2.75) is 18.8 Å². The van der Waals surface area contributed by atoms with Gasteiger partial charge in [0.25, 0.3) is 5.56 Å². The SMILES string of the molecule is C#Cc1cccc2nn3c(C4CCNCC4)cc(=O)[nH]c3c12. The summed E-state index contributed by atoms with van der Waals surface area (Å²) in [4.78, 5) is 15.0. The highest BCUT2D eigenvalue weighted by Gasteiger charge is 2.21. The molecule has 4 rings (SSSR count). The predicted octanol–water partition coefficient (Wildman–Crippen LogP) is 1.62. The molecule has 0 aliphatic carbocycles. The minimum absolute atomic E-state index is 0.102. The Bertz CT molecular complexity index is 954. The molecule has 0 amide bonds. The number of nitrogens with zero attached hydrogens (tertiary/aromatic N) is 2. The molecule has 0 saturated carbocycles. The average Bonchev–Trinajstić information content (AvgIpc) is 2.93. The number of hydrogen-bond donors (Lipinski definition) is 2. The Balaban J connectivity index is 2.06. The molecule has 22 heavy (non-hydrogen) atoms. The van der Waals surface area contributed by atoms with E-state index in [1.807, 2.05) is 22.7 Å². The van der Waals surface area contributed by atoms with Gasteiger partial charge in [-0.1, -0.05) is 12.0 Å². The van der Waals surface area contributed by atoms with Crippen molar-refractivity contribution in [2.24, 2.45) is 0 Å². The summed E-state index contributed by atoms with van der Waals surface area (Å²) in [6.07, 6.45) is 7.62. The molecule has 0 spiro atoms. The van der Waals surface area contributed by atoms with E-state index in [2.05, 4.69) is 21.3 Å². The van der Waals surface area contributed by atoms with Crippen molar-refractivity contribution in [2.75, 3.05) is 13.1 Å². The molecule has 1 saturated heterocycles. The first-order valence-corrected chi connectivity index (χ1v) is 7.50. The van der Waals surface area contributed by atoms with E-state index >= 15 is 0 Å². The van der Waals surface area contributed by atoms with Gasteiger partial charge in [-0.15, -0.1) is 6.42 Å². The van der Waals surface area contributed by atoms with E-state index < -0.39 is 0 Å². The fraction of sp³-hybridized carbons (Fsp3) is 0.294. The fourth-order valence-electron chi connectivity index (χ4n) is 3.32. The molecule has 110 valence electrons. The Morgan fingerprint density at radius 2 is 2.14 bits per heavy atom. The summed E-state index contributed by atoms with van der Waals surface area (Å²) >= 11 is 0. The summed E-state index contributed by atoms with van der Waals surface area (Å²) in [6.45, 7) is 1.94. The summed E-state index contributed by atoms with van der Waals surface area (Å²) in [5.41, 5.74) is 3.14. The van der Waals surface area contributed by atoms with E-state index in [0.717, 1.165) is 48.1 Å². The quantitative estimate of drug-likeness (QED) is 0.670. The number of rotatable bonds is 1. The van der Waals surface area contributed by atoms with Crippen molar-refractivity contribution in [3.8, 4) is 12.3 Å². The first kappa shape index (κ1) is 13.1. The van der Waals surface area contributed by atoms with Gasteiger partial charge in [-0.05, 0) is 38.1 Å². The second kappa shape index (κ2) is 5.00. The maximum Gasteiger partial charge on any atom is 0.251 e. The number of aromatic amines is 1. The molecule has 5 heteroatoms. The Labute approximate surface area is 127 Å². The van der Waals surface area contributed by atoms with Gasteiger partial charge >= 0.3 is 0 Å². The average molecular weight is 292 g/mol. The van der Waals surface area contributed by atoms with Gasteiger partial charge < -0.3 is 10.3 Å². The van der Waals surface area contributed by atoms with Crippen LogP contribution in [0.2, 0.25) is 0 Å². The van der Waals surface area contributed by atoms with E-state index in [4.69, 9.17) is 6.42 Å². The minimum Gasteiger partial charge on any atom is -0.317 e. The van der Waals surface area contributed by atoms with Crippen molar-refractivity contribution in [1.29, 1.82) is 0 Å². The van der Waals surface area contributed by atoms with Gasteiger partial charge in [0.2, 0.25) is 0 Å². The normalized spacial score (nSPS) is 16.1. The van der Waals surface area contributed by atoms with Crippen molar-refractivity contribution in [3.05, 3.63) is 45.9 Å². The lowest BCUT2D eigenvalue weighted by Gasteiger charge is -2.23. The number of terminal acetylenes is 1. The first-order valence-electron chi connectivity index (χ1n) is 7.50. The predicted molar refractivity (Wildman–Crippen MR) is 86.1 cm³/mol. The molecule has 1 aromatic carbocycles. The topological polar surface area (TPSA) is 62.2 Å². The van der Waals surface area contributed by atoms with E-state index in [9.17, 15) is 4.79 Å². The van der Waals surface area contributed by atoms with Crippen LogP contribution in [0.1, 0.15) is 30.0 Å². The van der Waals surface area contributed by atoms with Crippen LogP contribution in [0.3, 0.4) is 0 Å². The van der Waals surface area contributed by atoms with E-state index in [1.54, 1.807) is 6.07 Å². The Hall–Kier alpha value is -2.58. The molecule has 0 atom stereocenters. The molecule has 1 aliphatic rings. The van der Waals surface area contributed by atoms with Crippen LogP contribution >= 0.6 is 0 Å². The zero-order valence-electron chi connectivity index (χ0n) is 12.1. The third-order valence-electron chi connectivity index (χ3n) is 4.38.